The maximum absolute atomic E-state index is 13.0. The van der Waals surface area contributed by atoms with Crippen molar-refractivity contribution in [3.05, 3.63) is 71.0 Å². The molecule has 20 nitrogen and oxygen atoms in total. The van der Waals surface area contributed by atoms with Gasteiger partial charge in [0.05, 0.1) is 36.1 Å². The Labute approximate surface area is 237 Å². The number of amides is 1. The zero-order valence-electron chi connectivity index (χ0n) is 22.0. The molecule has 3 aromatic heterocycles. The molecule has 0 spiro atoms. The molecule has 0 saturated heterocycles. The third kappa shape index (κ3) is 6.32. The standard InChI is InChI=1S/C23H28N8O12/c32-5-9(33)14(35)16(37)15(36)11-12-17(27-22(42)29-19(12)38)31(18-13(11)20(39)30-23(43)28-18)2-1-10(34)26-8(21(40)41)3-7-4-24-6-25-7/h4,6,8-9,11,14-16,32-33,35-37H,1-3,5H2,(H,24,25)(H,26,34)(H,40,41)(H2,27,29,38,42)(H2,28,30,39,43)/t8-,9+,14+,15+,16+/m0/s1. The SMILES string of the molecule is O=C(CCN1c2[nH]c(=O)[nH]c(=O)c2C([C@@H](O)[C@H](O)[C@H](O)[C@H](O)CO)c2c1[nH]c(=O)[nH]c2=O)N[C@@H](Cc1cnc[nH]1)C(=O)O. The topological polar surface area (TPSA) is 331 Å². The minimum atomic E-state index is -2.27. The summed E-state index contributed by atoms with van der Waals surface area (Å²) in [6.07, 6.45) is -6.56. The number of aliphatic carboxylic acids is 1. The molecular formula is C23H28N8O12. The molecule has 4 heterocycles. The number of carboxylic acids is 1. The lowest BCUT2D eigenvalue weighted by molar-refractivity contribution is -0.141. The smallest absolute Gasteiger partial charge is 0.327 e. The predicted molar refractivity (Wildman–Crippen MR) is 142 cm³/mol. The maximum atomic E-state index is 13.0. The van der Waals surface area contributed by atoms with Gasteiger partial charge in [0, 0.05) is 31.3 Å². The Balaban J connectivity index is 1.74. The van der Waals surface area contributed by atoms with Crippen LogP contribution in [-0.2, 0) is 16.0 Å². The van der Waals surface area contributed by atoms with E-state index in [0.717, 1.165) is 4.90 Å². The summed E-state index contributed by atoms with van der Waals surface area (Å²) in [5.74, 6) is -4.81. The Morgan fingerprint density at radius 1 is 0.930 bits per heavy atom. The molecule has 0 radical (unpaired) electrons. The monoisotopic (exact) mass is 608 g/mol. The zero-order valence-corrected chi connectivity index (χ0v) is 22.0. The highest BCUT2D eigenvalue weighted by atomic mass is 16.4. The van der Waals surface area contributed by atoms with Crippen molar-refractivity contribution in [1.82, 2.24) is 35.2 Å². The minimum Gasteiger partial charge on any atom is -0.480 e. The lowest BCUT2D eigenvalue weighted by Gasteiger charge is -2.38. The fourth-order valence-corrected chi connectivity index (χ4v) is 4.82. The number of nitrogens with zero attached hydrogens (tertiary/aromatic N) is 2. The van der Waals surface area contributed by atoms with Crippen LogP contribution in [0.5, 0.6) is 0 Å². The summed E-state index contributed by atoms with van der Waals surface area (Å²) in [4.78, 5) is 91.1. The summed E-state index contributed by atoms with van der Waals surface area (Å²) in [7, 11) is 0. The molecular weight excluding hydrogens is 580 g/mol. The summed E-state index contributed by atoms with van der Waals surface area (Å²) >= 11 is 0. The van der Waals surface area contributed by atoms with Crippen LogP contribution in [0.15, 0.2) is 31.7 Å². The molecule has 232 valence electrons. The van der Waals surface area contributed by atoms with Crippen LogP contribution in [0, 0.1) is 0 Å². The van der Waals surface area contributed by atoms with Crippen LogP contribution in [0.1, 0.15) is 29.2 Å². The molecule has 4 rings (SSSR count). The number of aliphatic hydroxyl groups excluding tert-OH is 5. The van der Waals surface area contributed by atoms with Crippen molar-refractivity contribution in [2.75, 3.05) is 18.1 Å². The molecule has 3 aromatic rings. The first-order valence-corrected chi connectivity index (χ1v) is 12.7. The van der Waals surface area contributed by atoms with Gasteiger partial charge in [0.2, 0.25) is 5.91 Å². The van der Waals surface area contributed by atoms with Gasteiger partial charge in [-0.1, -0.05) is 0 Å². The van der Waals surface area contributed by atoms with Crippen molar-refractivity contribution < 1.29 is 40.2 Å². The maximum Gasteiger partial charge on any atom is 0.327 e. The third-order valence-corrected chi connectivity index (χ3v) is 6.88. The number of H-pyrrole nitrogens is 5. The number of aliphatic hydroxyl groups is 5. The van der Waals surface area contributed by atoms with E-state index in [9.17, 15) is 54.3 Å². The summed E-state index contributed by atoms with van der Waals surface area (Å²) in [6, 6.07) is -1.37. The number of hydrogen-bond donors (Lipinski definition) is 12. The average molecular weight is 609 g/mol. The van der Waals surface area contributed by atoms with Gasteiger partial charge < -0.3 is 45.8 Å². The molecule has 5 atom stereocenters. The van der Waals surface area contributed by atoms with Crippen molar-refractivity contribution in [2.45, 2.75) is 49.2 Å². The van der Waals surface area contributed by atoms with Gasteiger partial charge >= 0.3 is 17.3 Å². The highest BCUT2D eigenvalue weighted by Gasteiger charge is 2.45. The zero-order chi connectivity index (χ0) is 31.6. The van der Waals surface area contributed by atoms with Crippen molar-refractivity contribution >= 4 is 23.5 Å². The number of carboxylic acid groups (broad SMARTS) is 1. The van der Waals surface area contributed by atoms with E-state index in [4.69, 9.17) is 5.11 Å². The second-order valence-corrected chi connectivity index (χ2v) is 9.68. The third-order valence-electron chi connectivity index (χ3n) is 6.88. The fraction of sp³-hybridized carbons (Fsp3) is 0.435. The molecule has 0 aromatic carbocycles. The Kier molecular flexibility index (Phi) is 9.06. The molecule has 1 aliphatic rings. The van der Waals surface area contributed by atoms with E-state index in [1.807, 2.05) is 9.97 Å². The van der Waals surface area contributed by atoms with Crippen LogP contribution in [0.4, 0.5) is 11.6 Å². The van der Waals surface area contributed by atoms with Gasteiger partial charge in [0.25, 0.3) is 11.1 Å². The number of aromatic amines is 5. The van der Waals surface area contributed by atoms with E-state index < -0.39 is 113 Å². The lowest BCUT2D eigenvalue weighted by Crippen LogP contribution is -2.52. The van der Waals surface area contributed by atoms with Gasteiger partial charge in [0.1, 0.15) is 36.0 Å². The number of hydrogen-bond acceptors (Lipinski definition) is 13. The predicted octanol–water partition coefficient (Wildman–Crippen LogP) is -5.62. The number of anilines is 2. The van der Waals surface area contributed by atoms with Crippen LogP contribution in [0.2, 0.25) is 0 Å². The second-order valence-electron chi connectivity index (χ2n) is 9.68. The molecule has 0 bridgehead atoms. The normalized spacial score (nSPS) is 16.4. The van der Waals surface area contributed by atoms with E-state index in [-0.39, 0.29) is 6.42 Å². The lowest BCUT2D eigenvalue weighted by atomic mass is 9.81. The van der Waals surface area contributed by atoms with E-state index in [0.29, 0.717) is 5.69 Å². The highest BCUT2D eigenvalue weighted by molar-refractivity contribution is 5.84. The van der Waals surface area contributed by atoms with Crippen molar-refractivity contribution in [1.29, 1.82) is 0 Å². The quantitative estimate of drug-likeness (QED) is 0.0912. The first kappa shape index (κ1) is 31.1. The highest BCUT2D eigenvalue weighted by Crippen LogP contribution is 2.42. The number of fused-ring (bicyclic) bond motifs is 2. The summed E-state index contributed by atoms with van der Waals surface area (Å²) in [5.41, 5.74) is -5.06. The Bertz CT molecular complexity index is 1630. The second kappa shape index (κ2) is 12.5. The molecule has 0 fully saturated rings. The first-order chi connectivity index (χ1) is 20.3. The van der Waals surface area contributed by atoms with Crippen molar-refractivity contribution in [3.63, 3.8) is 0 Å². The Morgan fingerprint density at radius 3 is 2.00 bits per heavy atom. The first-order valence-electron chi connectivity index (χ1n) is 12.7. The van der Waals surface area contributed by atoms with Crippen LogP contribution >= 0.6 is 0 Å². The fourth-order valence-electron chi connectivity index (χ4n) is 4.82. The van der Waals surface area contributed by atoms with Crippen molar-refractivity contribution in [2.24, 2.45) is 0 Å². The summed E-state index contributed by atoms with van der Waals surface area (Å²) < 4.78 is 0. The van der Waals surface area contributed by atoms with E-state index in [2.05, 4.69) is 25.3 Å². The number of imidazole rings is 1. The Hall–Kier alpha value is -4.89. The van der Waals surface area contributed by atoms with Crippen LogP contribution in [0.25, 0.3) is 0 Å². The number of nitrogens with one attached hydrogen (secondary N) is 6. The summed E-state index contributed by atoms with van der Waals surface area (Å²) in [5, 5.41) is 62.6. The molecule has 1 amide bonds. The van der Waals surface area contributed by atoms with Crippen LogP contribution < -0.4 is 32.7 Å². The van der Waals surface area contributed by atoms with Crippen LogP contribution in [0.3, 0.4) is 0 Å². The van der Waals surface area contributed by atoms with Gasteiger partial charge in [-0.15, -0.1) is 0 Å². The molecule has 0 aliphatic carbocycles. The van der Waals surface area contributed by atoms with Gasteiger partial charge in [-0.25, -0.2) is 19.4 Å². The van der Waals surface area contributed by atoms with E-state index in [1.54, 1.807) is 0 Å². The van der Waals surface area contributed by atoms with Gasteiger partial charge in [0.15, 0.2) is 0 Å². The molecule has 1 aliphatic heterocycles. The molecule has 0 saturated carbocycles. The largest absolute Gasteiger partial charge is 0.480 e. The van der Waals surface area contributed by atoms with Gasteiger partial charge in [-0.2, -0.15) is 0 Å². The molecule has 20 heteroatoms. The molecule has 12 N–H and O–H groups in total. The number of carbonyl (C=O) groups is 2. The van der Waals surface area contributed by atoms with Gasteiger partial charge in [-0.3, -0.25) is 34.3 Å². The Morgan fingerprint density at radius 2 is 1.51 bits per heavy atom. The summed E-state index contributed by atoms with van der Waals surface area (Å²) in [6.45, 7) is -1.48. The van der Waals surface area contributed by atoms with Gasteiger partial charge in [-0.05, 0) is 0 Å². The molecule has 0 unspecified atom stereocenters. The van der Waals surface area contributed by atoms with E-state index >= 15 is 0 Å². The minimum absolute atomic E-state index is 0.138. The number of carbonyl (C=O) groups excluding carboxylic acids is 1. The van der Waals surface area contributed by atoms with E-state index in [1.165, 1.54) is 12.5 Å². The number of aromatic nitrogens is 6. The number of rotatable bonds is 12. The molecule has 43 heavy (non-hydrogen) atoms. The van der Waals surface area contributed by atoms with Crippen molar-refractivity contribution in [3.8, 4) is 0 Å². The average Bonchev–Trinajstić information content (AvgIpc) is 3.46. The van der Waals surface area contributed by atoms with Crippen LogP contribution in [-0.4, -0.2) is 116 Å².